The number of hydrogen-bond donors (Lipinski definition) is 0. The Morgan fingerprint density at radius 1 is 1.05 bits per heavy atom. The molecule has 2 aromatic carbocycles. The summed E-state index contributed by atoms with van der Waals surface area (Å²) in [6.07, 6.45) is 0. The second-order valence-corrected chi connectivity index (χ2v) is 4.72. The van der Waals surface area contributed by atoms with Crippen LogP contribution in [0, 0.1) is 6.92 Å². The Balaban J connectivity index is 1.97. The molecule has 0 fully saturated rings. The van der Waals surface area contributed by atoms with Crippen LogP contribution in [-0.2, 0) is 0 Å². The molecule has 0 aliphatic carbocycles. The Labute approximate surface area is 123 Å². The summed E-state index contributed by atoms with van der Waals surface area (Å²) >= 11 is 0. The van der Waals surface area contributed by atoms with Crippen molar-refractivity contribution in [2.24, 2.45) is 0 Å². The molecule has 3 rings (SSSR count). The first-order chi connectivity index (χ1) is 10.3. The van der Waals surface area contributed by atoms with E-state index in [1.165, 1.54) is 5.56 Å². The van der Waals surface area contributed by atoms with Gasteiger partial charge < -0.3 is 9.26 Å². The third-order valence-corrected chi connectivity index (χ3v) is 3.15. The van der Waals surface area contributed by atoms with Crippen molar-refractivity contribution in [3.8, 4) is 28.6 Å². The minimum atomic E-state index is 0.467. The largest absolute Gasteiger partial charge is 0.493 e. The van der Waals surface area contributed by atoms with Crippen molar-refractivity contribution in [3.63, 3.8) is 0 Å². The molecule has 0 amide bonds. The van der Waals surface area contributed by atoms with Gasteiger partial charge in [0.05, 0.1) is 12.2 Å². The summed E-state index contributed by atoms with van der Waals surface area (Å²) in [4.78, 5) is 4.47. The molecule has 0 aliphatic heterocycles. The summed E-state index contributed by atoms with van der Waals surface area (Å²) in [6, 6.07) is 15.7. The molecule has 0 bridgehead atoms. The molecule has 4 nitrogen and oxygen atoms in total. The lowest BCUT2D eigenvalue weighted by atomic mass is 10.1. The van der Waals surface area contributed by atoms with E-state index in [1.807, 2.05) is 62.4 Å². The van der Waals surface area contributed by atoms with E-state index in [4.69, 9.17) is 9.26 Å². The van der Waals surface area contributed by atoms with Crippen LogP contribution in [0.25, 0.3) is 22.8 Å². The van der Waals surface area contributed by atoms with E-state index in [-0.39, 0.29) is 0 Å². The molecule has 3 aromatic rings. The van der Waals surface area contributed by atoms with Crippen molar-refractivity contribution >= 4 is 0 Å². The smallest absolute Gasteiger partial charge is 0.262 e. The van der Waals surface area contributed by atoms with Gasteiger partial charge in [0.1, 0.15) is 5.75 Å². The van der Waals surface area contributed by atoms with Gasteiger partial charge in [0.25, 0.3) is 5.89 Å². The number of rotatable bonds is 4. The monoisotopic (exact) mass is 280 g/mol. The van der Waals surface area contributed by atoms with Gasteiger partial charge in [0, 0.05) is 5.56 Å². The third kappa shape index (κ3) is 2.79. The maximum Gasteiger partial charge on any atom is 0.262 e. The Bertz CT molecular complexity index is 733. The minimum Gasteiger partial charge on any atom is -0.493 e. The maximum atomic E-state index is 5.59. The summed E-state index contributed by atoms with van der Waals surface area (Å²) in [5.74, 6) is 1.80. The Kier molecular flexibility index (Phi) is 3.69. The fourth-order valence-electron chi connectivity index (χ4n) is 2.08. The Hall–Kier alpha value is -2.62. The van der Waals surface area contributed by atoms with Crippen molar-refractivity contribution in [3.05, 3.63) is 54.1 Å². The summed E-state index contributed by atoms with van der Waals surface area (Å²) in [5.41, 5.74) is 2.94. The summed E-state index contributed by atoms with van der Waals surface area (Å²) in [5, 5.41) is 4.05. The molecular formula is C17H16N2O2. The molecule has 0 saturated heterocycles. The molecule has 4 heteroatoms. The zero-order valence-corrected chi connectivity index (χ0v) is 12.0. The van der Waals surface area contributed by atoms with Crippen LogP contribution in [0.15, 0.2) is 53.1 Å². The van der Waals surface area contributed by atoms with Gasteiger partial charge in [-0.3, -0.25) is 0 Å². The van der Waals surface area contributed by atoms with Crippen LogP contribution in [0.3, 0.4) is 0 Å². The van der Waals surface area contributed by atoms with Crippen LogP contribution in [0.1, 0.15) is 12.5 Å². The predicted molar refractivity (Wildman–Crippen MR) is 81.1 cm³/mol. The standard InChI is InChI=1S/C17H16N2O2/c1-3-20-15-7-5-4-6-14(15)17-18-16(19-21-17)13-10-8-12(2)9-11-13/h4-11H,3H2,1-2H3. The maximum absolute atomic E-state index is 5.59. The van der Waals surface area contributed by atoms with Gasteiger partial charge in [-0.05, 0) is 26.0 Å². The first-order valence-electron chi connectivity index (χ1n) is 6.91. The number of nitrogens with zero attached hydrogens (tertiary/aromatic N) is 2. The van der Waals surface area contributed by atoms with Crippen LogP contribution < -0.4 is 4.74 Å². The minimum absolute atomic E-state index is 0.467. The van der Waals surface area contributed by atoms with Crippen molar-refractivity contribution in [1.82, 2.24) is 10.1 Å². The predicted octanol–water partition coefficient (Wildman–Crippen LogP) is 4.11. The average molecular weight is 280 g/mol. The van der Waals surface area contributed by atoms with Crippen LogP contribution >= 0.6 is 0 Å². The highest BCUT2D eigenvalue weighted by Crippen LogP contribution is 2.30. The fourth-order valence-corrected chi connectivity index (χ4v) is 2.08. The topological polar surface area (TPSA) is 48.2 Å². The number of para-hydroxylation sites is 1. The fraction of sp³-hybridized carbons (Fsp3) is 0.176. The molecular weight excluding hydrogens is 264 g/mol. The van der Waals surface area contributed by atoms with Crippen LogP contribution in [-0.4, -0.2) is 16.7 Å². The van der Waals surface area contributed by atoms with Gasteiger partial charge in [0.15, 0.2) is 0 Å². The van der Waals surface area contributed by atoms with Crippen molar-refractivity contribution in [2.75, 3.05) is 6.61 Å². The highest BCUT2D eigenvalue weighted by Gasteiger charge is 2.14. The lowest BCUT2D eigenvalue weighted by Gasteiger charge is -2.05. The summed E-state index contributed by atoms with van der Waals surface area (Å²) < 4.78 is 11.0. The SMILES string of the molecule is CCOc1ccccc1-c1nc(-c2ccc(C)cc2)no1. The molecule has 0 spiro atoms. The molecule has 1 aromatic heterocycles. The second kappa shape index (κ2) is 5.79. The van der Waals surface area contributed by atoms with Gasteiger partial charge in [-0.1, -0.05) is 47.1 Å². The number of benzene rings is 2. The van der Waals surface area contributed by atoms with Gasteiger partial charge in [-0.15, -0.1) is 0 Å². The van der Waals surface area contributed by atoms with Crippen molar-refractivity contribution in [2.45, 2.75) is 13.8 Å². The van der Waals surface area contributed by atoms with Gasteiger partial charge in [-0.25, -0.2) is 0 Å². The Morgan fingerprint density at radius 2 is 1.81 bits per heavy atom. The number of aromatic nitrogens is 2. The zero-order valence-electron chi connectivity index (χ0n) is 12.0. The summed E-state index contributed by atoms with van der Waals surface area (Å²) in [7, 11) is 0. The van der Waals surface area contributed by atoms with E-state index in [0.717, 1.165) is 16.9 Å². The molecule has 0 N–H and O–H groups in total. The molecule has 106 valence electrons. The van der Waals surface area contributed by atoms with Crippen LogP contribution in [0.5, 0.6) is 5.75 Å². The normalized spacial score (nSPS) is 10.6. The van der Waals surface area contributed by atoms with E-state index in [0.29, 0.717) is 18.3 Å². The average Bonchev–Trinajstić information content (AvgIpc) is 2.99. The van der Waals surface area contributed by atoms with Crippen LogP contribution in [0.2, 0.25) is 0 Å². The molecule has 0 saturated carbocycles. The van der Waals surface area contributed by atoms with Gasteiger partial charge in [-0.2, -0.15) is 4.98 Å². The summed E-state index contributed by atoms with van der Waals surface area (Å²) in [6.45, 7) is 4.59. The van der Waals surface area contributed by atoms with Crippen LogP contribution in [0.4, 0.5) is 0 Å². The first kappa shape index (κ1) is 13.4. The van der Waals surface area contributed by atoms with E-state index >= 15 is 0 Å². The highest BCUT2D eigenvalue weighted by molar-refractivity contribution is 5.65. The molecule has 0 radical (unpaired) electrons. The van der Waals surface area contributed by atoms with E-state index in [9.17, 15) is 0 Å². The third-order valence-electron chi connectivity index (χ3n) is 3.15. The molecule has 0 aliphatic rings. The zero-order chi connectivity index (χ0) is 14.7. The molecule has 0 unspecified atom stereocenters. The second-order valence-electron chi connectivity index (χ2n) is 4.72. The number of ether oxygens (including phenoxy) is 1. The number of aryl methyl sites for hydroxylation is 1. The lowest BCUT2D eigenvalue weighted by Crippen LogP contribution is -1.93. The molecule has 1 heterocycles. The van der Waals surface area contributed by atoms with Gasteiger partial charge in [0.2, 0.25) is 5.82 Å². The molecule has 21 heavy (non-hydrogen) atoms. The lowest BCUT2D eigenvalue weighted by molar-refractivity contribution is 0.339. The van der Waals surface area contributed by atoms with E-state index < -0.39 is 0 Å². The quantitative estimate of drug-likeness (QED) is 0.721. The van der Waals surface area contributed by atoms with Crippen molar-refractivity contribution < 1.29 is 9.26 Å². The first-order valence-corrected chi connectivity index (χ1v) is 6.91. The Morgan fingerprint density at radius 3 is 2.57 bits per heavy atom. The van der Waals surface area contributed by atoms with E-state index in [1.54, 1.807) is 0 Å². The van der Waals surface area contributed by atoms with Crippen molar-refractivity contribution in [1.29, 1.82) is 0 Å². The highest BCUT2D eigenvalue weighted by atomic mass is 16.5. The van der Waals surface area contributed by atoms with Gasteiger partial charge >= 0.3 is 0 Å². The van der Waals surface area contributed by atoms with E-state index in [2.05, 4.69) is 10.1 Å². The molecule has 0 atom stereocenters. The number of hydrogen-bond acceptors (Lipinski definition) is 4.